The summed E-state index contributed by atoms with van der Waals surface area (Å²) in [6.45, 7) is 0.600. The van der Waals surface area contributed by atoms with Crippen LogP contribution >= 0.6 is 0 Å². The Morgan fingerprint density at radius 1 is 1.17 bits per heavy atom. The van der Waals surface area contributed by atoms with Crippen LogP contribution in [0.15, 0.2) is 33.5 Å². The van der Waals surface area contributed by atoms with Crippen molar-refractivity contribution in [2.24, 2.45) is 0 Å². The minimum absolute atomic E-state index is 0.117. The Labute approximate surface area is 132 Å². The highest BCUT2D eigenvalue weighted by molar-refractivity contribution is 5.72. The number of benzene rings is 1. The van der Waals surface area contributed by atoms with E-state index < -0.39 is 6.36 Å². The van der Waals surface area contributed by atoms with Crippen molar-refractivity contribution in [1.82, 2.24) is 14.5 Å². The zero-order valence-electron chi connectivity index (χ0n) is 12.1. The molecule has 0 unspecified atom stereocenters. The lowest BCUT2D eigenvalue weighted by molar-refractivity contribution is -0.274. The van der Waals surface area contributed by atoms with Gasteiger partial charge in [-0.1, -0.05) is 0 Å². The fourth-order valence-corrected chi connectivity index (χ4v) is 2.69. The first-order valence-corrected chi connectivity index (χ1v) is 7.17. The highest BCUT2D eigenvalue weighted by Crippen LogP contribution is 2.27. The lowest BCUT2D eigenvalue weighted by atomic mass is 10.2. The van der Waals surface area contributed by atoms with Crippen LogP contribution in [-0.2, 0) is 13.0 Å². The lowest BCUT2D eigenvalue weighted by Crippen LogP contribution is -2.20. The molecule has 24 heavy (non-hydrogen) atoms. The third-order valence-corrected chi connectivity index (χ3v) is 3.72. The number of nitrogens with zero attached hydrogens (tertiary/aromatic N) is 3. The molecule has 0 radical (unpaired) electrons. The standard InChI is InChI=1S/C15H10F3N3O3/c16-15(17,18)24-9-5-3-8(4-6-9)12-20-11-13(23-12)19-10-2-1-7-21(10)14(11)22/h3-6H,1-2,7H2. The van der Waals surface area contributed by atoms with Crippen molar-refractivity contribution in [1.29, 1.82) is 0 Å². The molecule has 3 heterocycles. The van der Waals surface area contributed by atoms with Crippen LogP contribution in [0, 0.1) is 0 Å². The first kappa shape index (κ1) is 14.7. The van der Waals surface area contributed by atoms with Gasteiger partial charge in [0.2, 0.25) is 5.89 Å². The zero-order chi connectivity index (χ0) is 16.9. The molecular formula is C15H10F3N3O3. The molecule has 1 aliphatic rings. The number of rotatable bonds is 2. The smallest absolute Gasteiger partial charge is 0.417 e. The number of hydrogen-bond donors (Lipinski definition) is 0. The first-order valence-electron chi connectivity index (χ1n) is 7.17. The molecule has 3 aromatic rings. The fourth-order valence-electron chi connectivity index (χ4n) is 2.69. The minimum Gasteiger partial charge on any atom is -0.417 e. The second-order valence-electron chi connectivity index (χ2n) is 5.33. The van der Waals surface area contributed by atoms with Gasteiger partial charge in [-0.3, -0.25) is 9.36 Å². The van der Waals surface area contributed by atoms with Crippen LogP contribution in [0.2, 0.25) is 0 Å². The van der Waals surface area contributed by atoms with E-state index in [1.807, 2.05) is 0 Å². The van der Waals surface area contributed by atoms with Crippen molar-refractivity contribution in [3.8, 4) is 17.2 Å². The van der Waals surface area contributed by atoms with Gasteiger partial charge in [0.25, 0.3) is 11.3 Å². The molecule has 1 aromatic carbocycles. The maximum absolute atomic E-state index is 12.3. The van der Waals surface area contributed by atoms with E-state index in [2.05, 4.69) is 14.7 Å². The fraction of sp³-hybridized carbons (Fsp3) is 0.267. The number of alkyl halides is 3. The monoisotopic (exact) mass is 337 g/mol. The van der Waals surface area contributed by atoms with E-state index in [0.29, 0.717) is 24.4 Å². The van der Waals surface area contributed by atoms with Gasteiger partial charge in [0.1, 0.15) is 11.6 Å². The van der Waals surface area contributed by atoms with Crippen molar-refractivity contribution in [3.05, 3.63) is 40.4 Å². The first-order chi connectivity index (χ1) is 11.4. The highest BCUT2D eigenvalue weighted by atomic mass is 19.4. The number of oxazole rings is 1. The zero-order valence-corrected chi connectivity index (χ0v) is 12.1. The van der Waals surface area contributed by atoms with Crippen LogP contribution in [-0.4, -0.2) is 20.9 Å². The minimum atomic E-state index is -4.75. The van der Waals surface area contributed by atoms with Crippen LogP contribution in [0.25, 0.3) is 22.7 Å². The van der Waals surface area contributed by atoms with E-state index in [4.69, 9.17) is 4.42 Å². The SMILES string of the molecule is O=c1c2nc(-c3ccc(OC(F)(F)F)cc3)oc2nc2n1CCC2. The summed E-state index contributed by atoms with van der Waals surface area (Å²) in [5.41, 5.74) is 0.414. The van der Waals surface area contributed by atoms with E-state index in [1.165, 1.54) is 12.1 Å². The van der Waals surface area contributed by atoms with Crippen LogP contribution in [0.5, 0.6) is 5.75 Å². The van der Waals surface area contributed by atoms with Gasteiger partial charge in [-0.15, -0.1) is 13.2 Å². The van der Waals surface area contributed by atoms with E-state index in [1.54, 1.807) is 4.57 Å². The predicted octanol–water partition coefficient (Wildman–Crippen LogP) is 2.90. The molecule has 0 atom stereocenters. The van der Waals surface area contributed by atoms with Gasteiger partial charge >= 0.3 is 6.36 Å². The average Bonchev–Trinajstić information content (AvgIpc) is 3.13. The molecule has 1 aliphatic heterocycles. The summed E-state index contributed by atoms with van der Waals surface area (Å²) in [7, 11) is 0. The molecule has 124 valence electrons. The van der Waals surface area contributed by atoms with E-state index >= 15 is 0 Å². The van der Waals surface area contributed by atoms with E-state index in [-0.39, 0.29) is 28.4 Å². The van der Waals surface area contributed by atoms with Crippen LogP contribution in [0.3, 0.4) is 0 Å². The van der Waals surface area contributed by atoms with Gasteiger partial charge in [-0.25, -0.2) is 4.98 Å². The Bertz CT molecular complexity index is 974. The average molecular weight is 337 g/mol. The number of fused-ring (bicyclic) bond motifs is 2. The molecule has 0 N–H and O–H groups in total. The summed E-state index contributed by atoms with van der Waals surface area (Å²) in [5, 5.41) is 0. The molecule has 0 fully saturated rings. The number of ether oxygens (including phenoxy) is 1. The molecule has 0 saturated carbocycles. The maximum Gasteiger partial charge on any atom is 0.573 e. The Balaban J connectivity index is 1.72. The largest absolute Gasteiger partial charge is 0.573 e. The Kier molecular flexibility index (Phi) is 3.12. The normalized spacial score (nSPS) is 14.1. The quantitative estimate of drug-likeness (QED) is 0.719. The molecule has 2 aromatic heterocycles. The van der Waals surface area contributed by atoms with Crippen molar-refractivity contribution < 1.29 is 22.3 Å². The molecule has 4 rings (SSSR count). The molecule has 0 amide bonds. The molecule has 9 heteroatoms. The summed E-state index contributed by atoms with van der Waals surface area (Å²) >= 11 is 0. The van der Waals surface area contributed by atoms with E-state index in [0.717, 1.165) is 18.6 Å². The molecule has 0 spiro atoms. The highest BCUT2D eigenvalue weighted by Gasteiger charge is 2.31. The van der Waals surface area contributed by atoms with Gasteiger partial charge in [-0.05, 0) is 30.7 Å². The van der Waals surface area contributed by atoms with Crippen LogP contribution in [0.1, 0.15) is 12.2 Å². The summed E-state index contributed by atoms with van der Waals surface area (Å²) in [6, 6.07) is 5.05. The third kappa shape index (κ3) is 2.51. The van der Waals surface area contributed by atoms with Gasteiger partial charge in [0.15, 0.2) is 5.52 Å². The third-order valence-electron chi connectivity index (χ3n) is 3.72. The van der Waals surface area contributed by atoms with Crippen molar-refractivity contribution in [2.45, 2.75) is 25.7 Å². The number of aromatic nitrogens is 3. The van der Waals surface area contributed by atoms with Crippen molar-refractivity contribution in [3.63, 3.8) is 0 Å². The van der Waals surface area contributed by atoms with Gasteiger partial charge < -0.3 is 9.15 Å². The van der Waals surface area contributed by atoms with Crippen LogP contribution < -0.4 is 10.3 Å². The lowest BCUT2D eigenvalue weighted by Gasteiger charge is -2.08. The summed E-state index contributed by atoms with van der Waals surface area (Å²) in [4.78, 5) is 20.8. The summed E-state index contributed by atoms with van der Waals surface area (Å²) in [5.74, 6) is 0.432. The molecule has 0 bridgehead atoms. The van der Waals surface area contributed by atoms with Crippen LogP contribution in [0.4, 0.5) is 13.2 Å². The summed E-state index contributed by atoms with van der Waals surface area (Å²) < 4.78 is 47.4. The Morgan fingerprint density at radius 2 is 1.92 bits per heavy atom. The summed E-state index contributed by atoms with van der Waals surface area (Å²) in [6.07, 6.45) is -3.20. The van der Waals surface area contributed by atoms with Crippen molar-refractivity contribution >= 4 is 11.2 Å². The topological polar surface area (TPSA) is 70.2 Å². The molecule has 0 saturated heterocycles. The Hall–Kier alpha value is -2.84. The van der Waals surface area contributed by atoms with E-state index in [9.17, 15) is 18.0 Å². The molecular weight excluding hydrogens is 327 g/mol. The second kappa shape index (κ2) is 5.08. The predicted molar refractivity (Wildman–Crippen MR) is 76.5 cm³/mol. The van der Waals surface area contributed by atoms with Gasteiger partial charge in [0, 0.05) is 18.5 Å². The Morgan fingerprint density at radius 3 is 2.62 bits per heavy atom. The van der Waals surface area contributed by atoms with Crippen molar-refractivity contribution in [2.75, 3.05) is 0 Å². The number of halogens is 3. The molecule has 6 nitrogen and oxygen atoms in total. The second-order valence-corrected chi connectivity index (χ2v) is 5.33. The molecule has 0 aliphatic carbocycles. The number of hydrogen-bond acceptors (Lipinski definition) is 5. The van der Waals surface area contributed by atoms with Gasteiger partial charge in [-0.2, -0.15) is 4.98 Å². The number of aryl methyl sites for hydroxylation is 1. The van der Waals surface area contributed by atoms with Gasteiger partial charge in [0.05, 0.1) is 0 Å². The maximum atomic E-state index is 12.3.